The molecule has 1 fully saturated rings. The van der Waals surface area contributed by atoms with E-state index in [0.717, 1.165) is 18.2 Å². The summed E-state index contributed by atoms with van der Waals surface area (Å²) in [7, 11) is 0. The van der Waals surface area contributed by atoms with E-state index >= 15 is 0 Å². The summed E-state index contributed by atoms with van der Waals surface area (Å²) in [6, 6.07) is 13.3. The summed E-state index contributed by atoms with van der Waals surface area (Å²) in [6.45, 7) is 1.50. The first-order valence-electron chi connectivity index (χ1n) is 11.8. The van der Waals surface area contributed by atoms with Gasteiger partial charge in [0.05, 0.1) is 11.3 Å². The maximum Gasteiger partial charge on any atom is 0.433 e. The third-order valence-corrected chi connectivity index (χ3v) is 6.65. The molecule has 1 amide bonds. The minimum Gasteiger partial charge on any atom is -0.335 e. The lowest BCUT2D eigenvalue weighted by Crippen LogP contribution is -2.48. The smallest absolute Gasteiger partial charge is 0.335 e. The lowest BCUT2D eigenvalue weighted by molar-refractivity contribution is -0.142. The van der Waals surface area contributed by atoms with Crippen molar-refractivity contribution in [3.63, 3.8) is 0 Å². The summed E-state index contributed by atoms with van der Waals surface area (Å²) in [4.78, 5) is 20.8. The Morgan fingerprint density at radius 3 is 2.21 bits per heavy atom. The highest BCUT2D eigenvalue weighted by Gasteiger charge is 2.36. The number of halogens is 7. The molecule has 39 heavy (non-hydrogen) atoms. The normalized spacial score (nSPS) is 15.2. The van der Waals surface area contributed by atoms with Crippen molar-refractivity contribution in [1.82, 2.24) is 24.4 Å². The summed E-state index contributed by atoms with van der Waals surface area (Å²) in [6.07, 6.45) is -9.20. The Hall–Kier alpha value is -3.64. The van der Waals surface area contributed by atoms with Crippen molar-refractivity contribution < 1.29 is 31.1 Å². The van der Waals surface area contributed by atoms with Gasteiger partial charge in [-0.3, -0.25) is 9.69 Å². The van der Waals surface area contributed by atoms with Crippen LogP contribution in [0.2, 0.25) is 5.02 Å². The van der Waals surface area contributed by atoms with Gasteiger partial charge in [0.25, 0.3) is 5.91 Å². The third-order valence-electron chi connectivity index (χ3n) is 6.40. The number of carbonyl (C=O) groups is 1. The number of aromatic nitrogens is 3. The lowest BCUT2D eigenvalue weighted by atomic mass is 10.1. The van der Waals surface area contributed by atoms with Crippen LogP contribution in [-0.2, 0) is 18.9 Å². The van der Waals surface area contributed by atoms with Gasteiger partial charge in [-0.15, -0.1) is 0 Å². The molecule has 4 aromatic rings. The number of carbonyl (C=O) groups excluding carboxylic acids is 1. The summed E-state index contributed by atoms with van der Waals surface area (Å²) in [5, 5.41) is 4.34. The number of benzene rings is 2. The Bertz CT molecular complexity index is 1510. The first-order valence-corrected chi connectivity index (χ1v) is 12.2. The van der Waals surface area contributed by atoms with Crippen molar-refractivity contribution >= 4 is 23.2 Å². The summed E-state index contributed by atoms with van der Waals surface area (Å²) in [5.74, 6) is -0.555. The van der Waals surface area contributed by atoms with Crippen molar-refractivity contribution in [3.05, 3.63) is 88.2 Å². The van der Waals surface area contributed by atoms with E-state index < -0.39 is 29.5 Å². The fourth-order valence-electron chi connectivity index (χ4n) is 4.42. The molecule has 3 heterocycles. The van der Waals surface area contributed by atoms with Crippen molar-refractivity contribution in [2.45, 2.75) is 18.9 Å². The Labute approximate surface area is 223 Å². The minimum atomic E-state index is -4.76. The zero-order valence-electron chi connectivity index (χ0n) is 20.1. The quantitative estimate of drug-likeness (QED) is 0.282. The first kappa shape index (κ1) is 26.9. The third kappa shape index (κ3) is 5.86. The van der Waals surface area contributed by atoms with Gasteiger partial charge in [0.1, 0.15) is 0 Å². The average Bonchev–Trinajstić information content (AvgIpc) is 3.32. The molecule has 0 bridgehead atoms. The molecule has 0 N–H and O–H groups in total. The molecular weight excluding hydrogens is 548 g/mol. The lowest BCUT2D eigenvalue weighted by Gasteiger charge is -2.34. The van der Waals surface area contributed by atoms with E-state index in [1.54, 1.807) is 18.2 Å². The van der Waals surface area contributed by atoms with Crippen LogP contribution in [0, 0.1) is 0 Å². The van der Waals surface area contributed by atoms with E-state index in [0.29, 0.717) is 33.8 Å². The van der Waals surface area contributed by atoms with Crippen LogP contribution in [0.1, 0.15) is 27.3 Å². The van der Waals surface area contributed by atoms with Crippen LogP contribution in [0.25, 0.3) is 16.9 Å². The molecule has 0 spiro atoms. The van der Waals surface area contributed by atoms with Crippen LogP contribution in [0.5, 0.6) is 0 Å². The first-order chi connectivity index (χ1) is 18.4. The summed E-state index contributed by atoms with van der Waals surface area (Å²) >= 11 is 5.88. The fourth-order valence-corrected chi connectivity index (χ4v) is 4.55. The van der Waals surface area contributed by atoms with Crippen molar-refractivity contribution in [3.8, 4) is 11.3 Å². The minimum absolute atomic E-state index is 0.0496. The molecule has 5 rings (SSSR count). The zero-order chi connectivity index (χ0) is 27.9. The maximum absolute atomic E-state index is 13.9. The zero-order valence-corrected chi connectivity index (χ0v) is 20.9. The molecule has 2 aromatic carbocycles. The number of hydrogen-bond donors (Lipinski definition) is 0. The number of piperazine rings is 1. The van der Waals surface area contributed by atoms with E-state index in [9.17, 15) is 31.1 Å². The second-order valence-electron chi connectivity index (χ2n) is 9.10. The molecule has 0 atom stereocenters. The van der Waals surface area contributed by atoms with E-state index in [1.165, 1.54) is 29.2 Å². The summed E-state index contributed by atoms with van der Waals surface area (Å²) < 4.78 is 81.3. The molecule has 1 aliphatic rings. The highest BCUT2D eigenvalue weighted by atomic mass is 35.5. The van der Waals surface area contributed by atoms with E-state index in [2.05, 4.69) is 10.1 Å². The highest BCUT2D eigenvalue weighted by molar-refractivity contribution is 6.30. The monoisotopic (exact) mass is 567 g/mol. The van der Waals surface area contributed by atoms with Crippen molar-refractivity contribution in [2.24, 2.45) is 0 Å². The van der Waals surface area contributed by atoms with Crippen LogP contribution >= 0.6 is 11.6 Å². The second kappa shape index (κ2) is 10.2. The molecule has 204 valence electrons. The van der Waals surface area contributed by atoms with E-state index in [4.69, 9.17) is 11.6 Å². The molecule has 0 unspecified atom stereocenters. The molecule has 0 radical (unpaired) electrons. The molecule has 6 nitrogen and oxygen atoms in total. The molecule has 1 saturated heterocycles. The largest absolute Gasteiger partial charge is 0.433 e. The van der Waals surface area contributed by atoms with Gasteiger partial charge in [0.15, 0.2) is 17.0 Å². The number of fused-ring (bicyclic) bond motifs is 1. The van der Waals surface area contributed by atoms with E-state index in [1.807, 2.05) is 4.90 Å². The Balaban J connectivity index is 1.33. The molecular formula is C26H20ClF6N5O. The number of amides is 1. The molecule has 13 heteroatoms. The molecule has 0 aliphatic carbocycles. The van der Waals surface area contributed by atoms with Gasteiger partial charge in [0.2, 0.25) is 0 Å². The van der Waals surface area contributed by atoms with Gasteiger partial charge in [-0.1, -0.05) is 41.9 Å². The highest BCUT2D eigenvalue weighted by Crippen LogP contribution is 2.33. The summed E-state index contributed by atoms with van der Waals surface area (Å²) in [5.41, 5.74) is -1.18. The van der Waals surface area contributed by atoms with Crippen molar-refractivity contribution in [2.75, 3.05) is 26.2 Å². The Morgan fingerprint density at radius 2 is 1.56 bits per heavy atom. The van der Waals surface area contributed by atoms with Gasteiger partial charge < -0.3 is 4.90 Å². The molecule has 2 aromatic heterocycles. The molecule has 1 aliphatic heterocycles. The maximum atomic E-state index is 13.9. The van der Waals surface area contributed by atoms with Gasteiger partial charge in [-0.05, 0) is 29.8 Å². The second-order valence-corrected chi connectivity index (χ2v) is 9.53. The van der Waals surface area contributed by atoms with Crippen LogP contribution in [0.15, 0.2) is 60.7 Å². The standard InChI is InChI=1S/C26H20ClF6N5O/c27-19-6-4-17(5-7-19)20-13-22(26(31,32)33)38-23(34-20)14-21(35-38)24(39)37-10-8-36(9-11-37)15-16-2-1-3-18(12-16)25(28,29)30/h1-7,12-14H,8-11,15H2. The predicted molar refractivity (Wildman–Crippen MR) is 131 cm³/mol. The van der Waals surface area contributed by atoms with E-state index in [-0.39, 0.29) is 36.7 Å². The average molecular weight is 568 g/mol. The van der Waals surface area contributed by atoms with Crippen LogP contribution in [-0.4, -0.2) is 56.5 Å². The van der Waals surface area contributed by atoms with Crippen molar-refractivity contribution in [1.29, 1.82) is 0 Å². The Morgan fingerprint density at radius 1 is 0.872 bits per heavy atom. The number of nitrogens with zero attached hydrogens (tertiary/aromatic N) is 5. The SMILES string of the molecule is O=C(c1cc2nc(-c3ccc(Cl)cc3)cc(C(F)(F)F)n2n1)N1CCN(Cc2cccc(C(F)(F)F)c2)CC1. The Kier molecular flexibility index (Phi) is 7.02. The fraction of sp³-hybridized carbons (Fsp3) is 0.269. The van der Waals surface area contributed by atoms with Gasteiger partial charge in [-0.2, -0.15) is 31.4 Å². The van der Waals surface area contributed by atoms with Gasteiger partial charge in [0, 0.05) is 49.4 Å². The molecule has 0 saturated carbocycles. The van der Waals surface area contributed by atoms with Crippen LogP contribution in [0.4, 0.5) is 26.3 Å². The van der Waals surface area contributed by atoms with Crippen LogP contribution < -0.4 is 0 Å². The van der Waals surface area contributed by atoms with Gasteiger partial charge in [-0.25, -0.2) is 9.50 Å². The number of rotatable bonds is 4. The predicted octanol–water partition coefficient (Wildman–Crippen LogP) is 6.05. The van der Waals surface area contributed by atoms with Crippen LogP contribution in [0.3, 0.4) is 0 Å². The van der Waals surface area contributed by atoms with Gasteiger partial charge >= 0.3 is 12.4 Å². The number of hydrogen-bond acceptors (Lipinski definition) is 4. The number of alkyl halides is 6. The topological polar surface area (TPSA) is 53.7 Å².